The molecule has 0 aliphatic rings. The summed E-state index contributed by atoms with van der Waals surface area (Å²) in [6.45, 7) is 0. The van der Waals surface area contributed by atoms with Gasteiger partial charge in [0.15, 0.2) is 0 Å². The molecule has 0 amide bonds. The van der Waals surface area contributed by atoms with Gasteiger partial charge in [0, 0.05) is 10.9 Å². The molecule has 2 nitrogen and oxygen atoms in total. The largest absolute Gasteiger partial charge is 0.338 e. The molecule has 0 fully saturated rings. The Kier molecular flexibility index (Phi) is 2.44. The van der Waals surface area contributed by atoms with Gasteiger partial charge in [0.1, 0.15) is 11.6 Å². The molecule has 0 bridgehead atoms. The van der Waals surface area contributed by atoms with Crippen LogP contribution < -0.4 is 0 Å². The van der Waals surface area contributed by atoms with Gasteiger partial charge in [-0.15, -0.1) is 11.3 Å². The number of thiophene rings is 1. The molecular weight excluding hydrogens is 338 g/mol. The maximum Gasteiger partial charge on any atom is 0.139 e. The monoisotopic (exact) mass is 344 g/mol. The lowest BCUT2D eigenvalue weighted by Crippen LogP contribution is -1.74. The molecule has 0 spiro atoms. The first-order valence-corrected chi connectivity index (χ1v) is 6.58. The topological polar surface area (TPSA) is 28.7 Å². The molecule has 80 valence electrons. The van der Waals surface area contributed by atoms with E-state index in [4.69, 9.17) is 0 Å². The van der Waals surface area contributed by atoms with E-state index in [0.717, 1.165) is 22.4 Å². The third-order valence-corrected chi connectivity index (χ3v) is 4.07. The summed E-state index contributed by atoms with van der Waals surface area (Å²) in [6, 6.07) is 6.62. The normalized spacial score (nSPS) is 11.1. The van der Waals surface area contributed by atoms with E-state index in [9.17, 15) is 4.39 Å². The summed E-state index contributed by atoms with van der Waals surface area (Å²) < 4.78 is 14.2. The number of hydrogen-bond donors (Lipinski definition) is 1. The van der Waals surface area contributed by atoms with Crippen molar-refractivity contribution in [3.05, 3.63) is 38.3 Å². The third-order valence-electron chi connectivity index (χ3n) is 2.28. The smallest absolute Gasteiger partial charge is 0.139 e. The third kappa shape index (κ3) is 1.73. The first-order valence-electron chi connectivity index (χ1n) is 4.62. The van der Waals surface area contributed by atoms with Crippen molar-refractivity contribution in [3.8, 4) is 11.4 Å². The molecule has 1 aromatic carbocycles. The lowest BCUT2D eigenvalue weighted by Gasteiger charge is -1.87. The second-order valence-electron chi connectivity index (χ2n) is 3.39. The molecule has 0 unspecified atom stereocenters. The van der Waals surface area contributed by atoms with Crippen molar-refractivity contribution in [1.29, 1.82) is 0 Å². The fraction of sp³-hybridized carbons (Fsp3) is 0. The zero-order valence-corrected chi connectivity index (χ0v) is 11.0. The van der Waals surface area contributed by atoms with Crippen molar-refractivity contribution in [1.82, 2.24) is 9.97 Å². The number of benzene rings is 1. The van der Waals surface area contributed by atoms with Crippen molar-refractivity contribution >= 4 is 45.0 Å². The number of aromatic nitrogens is 2. The van der Waals surface area contributed by atoms with E-state index in [2.05, 4.69) is 38.6 Å². The summed E-state index contributed by atoms with van der Waals surface area (Å²) in [7, 11) is 0. The van der Waals surface area contributed by atoms with Crippen LogP contribution in [0.4, 0.5) is 4.39 Å². The van der Waals surface area contributed by atoms with Crippen LogP contribution in [-0.2, 0) is 0 Å². The summed E-state index contributed by atoms with van der Waals surface area (Å²) in [5.74, 6) is 0.544. The van der Waals surface area contributed by atoms with Gasteiger partial charge in [-0.2, -0.15) is 0 Å². The number of fused-ring (bicyclic) bond motifs is 1. The Morgan fingerprint density at radius 2 is 2.19 bits per heavy atom. The quantitative estimate of drug-likeness (QED) is 0.664. The van der Waals surface area contributed by atoms with Crippen LogP contribution in [0.25, 0.3) is 22.4 Å². The highest BCUT2D eigenvalue weighted by molar-refractivity contribution is 14.1. The Labute approximate surface area is 109 Å². The lowest BCUT2D eigenvalue weighted by atomic mass is 10.3. The van der Waals surface area contributed by atoms with Gasteiger partial charge in [0.25, 0.3) is 0 Å². The van der Waals surface area contributed by atoms with Crippen LogP contribution in [0.1, 0.15) is 0 Å². The van der Waals surface area contributed by atoms with Crippen molar-refractivity contribution in [2.45, 2.75) is 0 Å². The SMILES string of the molecule is Fc1ccc2nc(-c3csc(I)c3)[nH]c2c1. The molecule has 2 aromatic heterocycles. The van der Waals surface area contributed by atoms with E-state index in [1.54, 1.807) is 17.4 Å². The van der Waals surface area contributed by atoms with Crippen molar-refractivity contribution < 1.29 is 4.39 Å². The predicted molar refractivity (Wildman–Crippen MR) is 72.1 cm³/mol. The van der Waals surface area contributed by atoms with E-state index in [1.807, 2.05) is 5.38 Å². The maximum atomic E-state index is 13.0. The van der Waals surface area contributed by atoms with Crippen LogP contribution in [0.15, 0.2) is 29.6 Å². The minimum atomic E-state index is -0.248. The van der Waals surface area contributed by atoms with E-state index in [0.29, 0.717) is 0 Å². The molecule has 0 saturated carbocycles. The van der Waals surface area contributed by atoms with Crippen LogP contribution in [0.2, 0.25) is 0 Å². The lowest BCUT2D eigenvalue weighted by molar-refractivity contribution is 0.629. The highest BCUT2D eigenvalue weighted by atomic mass is 127. The number of hydrogen-bond acceptors (Lipinski definition) is 2. The number of aromatic amines is 1. The van der Waals surface area contributed by atoms with Crippen molar-refractivity contribution in [2.24, 2.45) is 0 Å². The predicted octanol–water partition coefficient (Wildman–Crippen LogP) is 4.04. The summed E-state index contributed by atoms with van der Waals surface area (Å²) in [5.41, 5.74) is 2.57. The molecule has 0 saturated heterocycles. The second-order valence-corrected chi connectivity index (χ2v) is 6.19. The van der Waals surface area contributed by atoms with Gasteiger partial charge in [-0.25, -0.2) is 9.37 Å². The summed E-state index contributed by atoms with van der Waals surface area (Å²) in [5, 5.41) is 2.04. The highest BCUT2D eigenvalue weighted by Gasteiger charge is 2.07. The van der Waals surface area contributed by atoms with Crippen molar-refractivity contribution in [3.63, 3.8) is 0 Å². The van der Waals surface area contributed by atoms with Crippen LogP contribution in [0, 0.1) is 8.70 Å². The Morgan fingerprint density at radius 1 is 1.31 bits per heavy atom. The van der Waals surface area contributed by atoms with Gasteiger partial charge in [0.05, 0.1) is 13.9 Å². The molecule has 3 rings (SSSR count). The van der Waals surface area contributed by atoms with Crippen LogP contribution in [0.5, 0.6) is 0 Å². The zero-order valence-electron chi connectivity index (χ0n) is 8.00. The molecule has 0 aliphatic heterocycles. The zero-order chi connectivity index (χ0) is 11.1. The van der Waals surface area contributed by atoms with Gasteiger partial charge < -0.3 is 4.98 Å². The van der Waals surface area contributed by atoms with Gasteiger partial charge in [-0.1, -0.05) is 0 Å². The van der Waals surface area contributed by atoms with Gasteiger partial charge in [-0.3, -0.25) is 0 Å². The fourth-order valence-corrected chi connectivity index (χ4v) is 2.88. The number of imidazole rings is 1. The molecule has 3 aromatic rings. The molecule has 5 heteroatoms. The number of halogens is 2. The summed E-state index contributed by atoms with van der Waals surface area (Å²) >= 11 is 3.93. The molecule has 0 radical (unpaired) electrons. The average molecular weight is 344 g/mol. The molecular formula is C11H6FIN2S. The number of nitrogens with zero attached hydrogens (tertiary/aromatic N) is 1. The highest BCUT2D eigenvalue weighted by Crippen LogP contribution is 2.26. The van der Waals surface area contributed by atoms with Gasteiger partial charge in [0.2, 0.25) is 0 Å². The van der Waals surface area contributed by atoms with Crippen LogP contribution >= 0.6 is 33.9 Å². The maximum absolute atomic E-state index is 13.0. The standard InChI is InChI=1S/C11H6FIN2S/c12-7-1-2-8-9(4-7)15-11(14-8)6-3-10(13)16-5-6/h1-5H,(H,14,15). The number of nitrogens with one attached hydrogen (secondary N) is 1. The number of H-pyrrole nitrogens is 1. The summed E-state index contributed by atoms with van der Waals surface area (Å²) in [6.07, 6.45) is 0. The molecule has 0 atom stereocenters. The van der Waals surface area contributed by atoms with E-state index >= 15 is 0 Å². The van der Waals surface area contributed by atoms with E-state index < -0.39 is 0 Å². The first-order chi connectivity index (χ1) is 7.72. The van der Waals surface area contributed by atoms with Crippen LogP contribution in [-0.4, -0.2) is 9.97 Å². The van der Waals surface area contributed by atoms with Gasteiger partial charge in [-0.05, 0) is 46.9 Å². The Morgan fingerprint density at radius 3 is 2.94 bits per heavy atom. The van der Waals surface area contributed by atoms with Crippen molar-refractivity contribution in [2.75, 3.05) is 0 Å². The Balaban J connectivity index is 2.18. The molecule has 2 heterocycles. The Hall–Kier alpha value is -0.950. The molecule has 0 aliphatic carbocycles. The molecule has 16 heavy (non-hydrogen) atoms. The van der Waals surface area contributed by atoms with E-state index in [1.165, 1.54) is 15.0 Å². The first kappa shape index (κ1) is 10.2. The Bertz CT molecular complexity index is 659. The van der Waals surface area contributed by atoms with Gasteiger partial charge >= 0.3 is 0 Å². The fourth-order valence-electron chi connectivity index (χ4n) is 1.55. The van der Waals surface area contributed by atoms with Crippen LogP contribution in [0.3, 0.4) is 0 Å². The minimum absolute atomic E-state index is 0.248. The number of rotatable bonds is 1. The second kappa shape index (κ2) is 3.81. The minimum Gasteiger partial charge on any atom is -0.338 e. The average Bonchev–Trinajstić information content (AvgIpc) is 2.83. The molecule has 1 N–H and O–H groups in total. The van der Waals surface area contributed by atoms with E-state index in [-0.39, 0.29) is 5.82 Å². The summed E-state index contributed by atoms with van der Waals surface area (Å²) in [4.78, 5) is 7.54.